The number of benzene rings is 2. The van der Waals surface area contributed by atoms with E-state index in [2.05, 4.69) is 28.8 Å². The Bertz CT molecular complexity index is 1110. The molecule has 0 saturated heterocycles. The molecule has 0 unspecified atom stereocenters. The van der Waals surface area contributed by atoms with E-state index in [1.807, 2.05) is 38.1 Å². The predicted octanol–water partition coefficient (Wildman–Crippen LogP) is 4.28. The second-order valence-corrected chi connectivity index (χ2v) is 10.2. The van der Waals surface area contributed by atoms with Gasteiger partial charge in [-0.25, -0.2) is 9.59 Å². The van der Waals surface area contributed by atoms with Crippen molar-refractivity contribution in [2.24, 2.45) is 5.92 Å². The van der Waals surface area contributed by atoms with Crippen LogP contribution >= 0.6 is 0 Å². The lowest BCUT2D eigenvalue weighted by Crippen LogP contribution is -2.55. The lowest BCUT2D eigenvalue weighted by Gasteiger charge is -2.27. The van der Waals surface area contributed by atoms with Gasteiger partial charge in [-0.05, 0) is 60.9 Å². The summed E-state index contributed by atoms with van der Waals surface area (Å²) < 4.78 is 11.0. The molecule has 1 aliphatic carbocycles. The molecule has 36 heavy (non-hydrogen) atoms. The lowest BCUT2D eigenvalue weighted by atomic mass is 9.98. The third-order valence-electron chi connectivity index (χ3n) is 6.37. The van der Waals surface area contributed by atoms with Crippen LogP contribution in [0, 0.1) is 5.92 Å². The number of nitrogens with one attached hydrogen (secondary N) is 2. The van der Waals surface area contributed by atoms with Crippen molar-refractivity contribution < 1.29 is 29.0 Å². The van der Waals surface area contributed by atoms with Gasteiger partial charge in [-0.3, -0.25) is 4.79 Å². The summed E-state index contributed by atoms with van der Waals surface area (Å²) in [4.78, 5) is 37.3. The highest BCUT2D eigenvalue weighted by atomic mass is 16.5. The molecule has 3 atom stereocenters. The van der Waals surface area contributed by atoms with Gasteiger partial charge in [0, 0.05) is 0 Å². The molecule has 0 heterocycles. The molecule has 194 valence electrons. The third kappa shape index (κ3) is 6.85. The number of carbonyl (C=O) groups is 3. The highest BCUT2D eigenvalue weighted by Crippen LogP contribution is 2.38. The number of hydrogen-bond donors (Lipinski definition) is 3. The summed E-state index contributed by atoms with van der Waals surface area (Å²) in [6.45, 7) is 8.97. The fourth-order valence-corrected chi connectivity index (χ4v) is 4.14. The van der Waals surface area contributed by atoms with Crippen LogP contribution in [-0.2, 0) is 32.1 Å². The normalized spacial score (nSPS) is 14.7. The van der Waals surface area contributed by atoms with E-state index in [1.54, 1.807) is 20.8 Å². The van der Waals surface area contributed by atoms with E-state index in [-0.39, 0.29) is 19.1 Å². The molecule has 0 radical (unpaired) electrons. The molecule has 3 rings (SSSR count). The Morgan fingerprint density at radius 1 is 1.03 bits per heavy atom. The quantitative estimate of drug-likeness (QED) is 0.386. The molecule has 8 heteroatoms. The summed E-state index contributed by atoms with van der Waals surface area (Å²) in [7, 11) is 0. The maximum Gasteiger partial charge on any atom is 0.408 e. The molecule has 1 aliphatic rings. The minimum atomic E-state index is -1.24. The van der Waals surface area contributed by atoms with Crippen LogP contribution in [0.25, 0.3) is 11.1 Å². The SMILES string of the molecule is CC[C@H](C)[C@H](NC(=O)OCc1cccc2c1Cc1ccccc1-2)C(=O)N[C@@H](COC(C)(C)C)C(=O)O. The second-order valence-electron chi connectivity index (χ2n) is 10.2. The fraction of sp³-hybridized carbons (Fsp3) is 0.464. The third-order valence-corrected chi connectivity index (χ3v) is 6.37. The maximum absolute atomic E-state index is 13.0. The average molecular weight is 497 g/mol. The van der Waals surface area contributed by atoms with Gasteiger partial charge in [0.2, 0.25) is 5.91 Å². The molecule has 0 spiro atoms. The summed E-state index contributed by atoms with van der Waals surface area (Å²) in [5.74, 6) is -2.05. The van der Waals surface area contributed by atoms with E-state index < -0.39 is 35.7 Å². The van der Waals surface area contributed by atoms with Crippen molar-refractivity contribution in [3.8, 4) is 11.1 Å². The zero-order valence-electron chi connectivity index (χ0n) is 21.6. The highest BCUT2D eigenvalue weighted by molar-refractivity contribution is 5.89. The van der Waals surface area contributed by atoms with Crippen LogP contribution in [-0.4, -0.2) is 47.4 Å². The summed E-state index contributed by atoms with van der Waals surface area (Å²) in [6, 6.07) is 12.0. The van der Waals surface area contributed by atoms with Gasteiger partial charge in [-0.15, -0.1) is 0 Å². The molecule has 2 amide bonds. The van der Waals surface area contributed by atoms with Crippen molar-refractivity contribution in [1.82, 2.24) is 10.6 Å². The first kappa shape index (κ1) is 27.2. The van der Waals surface area contributed by atoms with Gasteiger partial charge >= 0.3 is 12.1 Å². The first-order valence-electron chi connectivity index (χ1n) is 12.3. The van der Waals surface area contributed by atoms with Crippen molar-refractivity contribution in [2.75, 3.05) is 6.61 Å². The number of carboxylic acids is 1. The molecular formula is C28H36N2O6. The Labute approximate surface area is 212 Å². The van der Waals surface area contributed by atoms with Crippen LogP contribution in [0.5, 0.6) is 0 Å². The van der Waals surface area contributed by atoms with Gasteiger partial charge < -0.3 is 25.2 Å². The van der Waals surface area contributed by atoms with Gasteiger partial charge in [-0.1, -0.05) is 62.7 Å². The summed E-state index contributed by atoms with van der Waals surface area (Å²) >= 11 is 0. The van der Waals surface area contributed by atoms with Gasteiger partial charge in [0.25, 0.3) is 0 Å². The van der Waals surface area contributed by atoms with Crippen molar-refractivity contribution in [1.29, 1.82) is 0 Å². The van der Waals surface area contributed by atoms with Gasteiger partial charge in [-0.2, -0.15) is 0 Å². The second kappa shape index (κ2) is 11.6. The van der Waals surface area contributed by atoms with Crippen LogP contribution in [0.2, 0.25) is 0 Å². The number of ether oxygens (including phenoxy) is 2. The summed E-state index contributed by atoms with van der Waals surface area (Å²) in [6.07, 6.45) is 0.637. The van der Waals surface area contributed by atoms with Crippen molar-refractivity contribution in [3.05, 3.63) is 59.2 Å². The minimum absolute atomic E-state index is 0.0645. The zero-order valence-corrected chi connectivity index (χ0v) is 21.6. The molecule has 0 saturated carbocycles. The Morgan fingerprint density at radius 2 is 1.72 bits per heavy atom. The van der Waals surface area contributed by atoms with E-state index in [9.17, 15) is 19.5 Å². The van der Waals surface area contributed by atoms with Gasteiger partial charge in [0.1, 0.15) is 12.6 Å². The Kier molecular flexibility index (Phi) is 8.74. The number of fused-ring (bicyclic) bond motifs is 3. The smallest absolute Gasteiger partial charge is 0.408 e. The Morgan fingerprint density at radius 3 is 2.39 bits per heavy atom. The number of alkyl carbamates (subject to hydrolysis) is 1. The van der Waals surface area contributed by atoms with E-state index in [0.717, 1.165) is 23.1 Å². The highest BCUT2D eigenvalue weighted by Gasteiger charge is 2.31. The lowest BCUT2D eigenvalue weighted by molar-refractivity contribution is -0.145. The van der Waals surface area contributed by atoms with Crippen molar-refractivity contribution in [2.45, 2.75) is 71.8 Å². The van der Waals surface area contributed by atoms with Crippen molar-refractivity contribution in [3.63, 3.8) is 0 Å². The Hall–Kier alpha value is -3.39. The molecule has 8 nitrogen and oxygen atoms in total. The van der Waals surface area contributed by atoms with Crippen LogP contribution in [0.15, 0.2) is 42.5 Å². The van der Waals surface area contributed by atoms with E-state index in [0.29, 0.717) is 6.42 Å². The molecule has 3 N–H and O–H groups in total. The number of carboxylic acid groups (broad SMARTS) is 1. The molecule has 2 aromatic carbocycles. The molecule has 0 fully saturated rings. The molecule has 0 aliphatic heterocycles. The molecule has 2 aromatic rings. The van der Waals surface area contributed by atoms with E-state index in [4.69, 9.17) is 9.47 Å². The van der Waals surface area contributed by atoms with Crippen LogP contribution in [0.3, 0.4) is 0 Å². The van der Waals surface area contributed by atoms with Crippen LogP contribution in [0.4, 0.5) is 4.79 Å². The maximum atomic E-state index is 13.0. The van der Waals surface area contributed by atoms with E-state index >= 15 is 0 Å². The fourth-order valence-electron chi connectivity index (χ4n) is 4.14. The molecule has 0 bridgehead atoms. The topological polar surface area (TPSA) is 114 Å². The number of rotatable bonds is 10. The van der Waals surface area contributed by atoms with E-state index in [1.165, 1.54) is 11.1 Å². The monoisotopic (exact) mass is 496 g/mol. The number of amides is 2. The summed E-state index contributed by atoms with van der Waals surface area (Å²) in [5.41, 5.74) is 5.05. The van der Waals surface area contributed by atoms with Gasteiger partial charge in [0.15, 0.2) is 6.04 Å². The number of aliphatic carboxylic acids is 1. The molecular weight excluding hydrogens is 460 g/mol. The first-order chi connectivity index (χ1) is 17.0. The zero-order chi connectivity index (χ0) is 26.5. The van der Waals surface area contributed by atoms with Crippen molar-refractivity contribution >= 4 is 18.0 Å². The predicted molar refractivity (Wildman–Crippen MR) is 137 cm³/mol. The average Bonchev–Trinajstić information content (AvgIpc) is 3.21. The first-order valence-corrected chi connectivity index (χ1v) is 12.3. The van der Waals surface area contributed by atoms with Crippen LogP contribution < -0.4 is 10.6 Å². The summed E-state index contributed by atoms with van der Waals surface area (Å²) in [5, 5.41) is 14.7. The standard InChI is InChI=1S/C28H36N2O6/c1-6-17(2)24(25(31)29-23(26(32)33)16-36-28(3,4)5)30-27(34)35-15-19-11-9-13-21-20-12-8-7-10-18(20)14-22(19)21/h7-13,17,23-24H,6,14-16H2,1-5H3,(H,29,31)(H,30,34)(H,32,33)/t17-,23-,24-/m0/s1. The minimum Gasteiger partial charge on any atom is -0.480 e. The largest absolute Gasteiger partial charge is 0.480 e. The molecule has 0 aromatic heterocycles. The van der Waals surface area contributed by atoms with Gasteiger partial charge in [0.05, 0.1) is 12.2 Å². The van der Waals surface area contributed by atoms with Crippen LogP contribution in [0.1, 0.15) is 57.7 Å². The number of hydrogen-bond acceptors (Lipinski definition) is 5. The Balaban J connectivity index is 1.64. The number of carbonyl (C=O) groups excluding carboxylic acids is 2.